The summed E-state index contributed by atoms with van der Waals surface area (Å²) in [5.41, 5.74) is 6.54. The summed E-state index contributed by atoms with van der Waals surface area (Å²) in [6, 6.07) is 6.22. The molecular weight excluding hydrogens is 294 g/mol. The van der Waals surface area contributed by atoms with Gasteiger partial charge in [0.15, 0.2) is 0 Å². The number of aromatic nitrogens is 1. The van der Waals surface area contributed by atoms with E-state index in [-0.39, 0.29) is 16.9 Å². The van der Waals surface area contributed by atoms with Gasteiger partial charge in [-0.05, 0) is 18.6 Å². The summed E-state index contributed by atoms with van der Waals surface area (Å²) in [5, 5.41) is 2.44. The van der Waals surface area contributed by atoms with Crippen molar-refractivity contribution in [1.82, 2.24) is 9.88 Å². The lowest BCUT2D eigenvalue weighted by Gasteiger charge is -2.15. The number of aryl methyl sites for hydroxylation is 1. The number of rotatable bonds is 1. The number of para-hydroxylation sites is 1. The van der Waals surface area contributed by atoms with Crippen LogP contribution in [0.4, 0.5) is 5.82 Å². The maximum Gasteiger partial charge on any atom is 0.262 e. The largest absolute Gasteiger partial charge is 0.384 e. The van der Waals surface area contributed by atoms with Crippen LogP contribution in [0.15, 0.2) is 29.1 Å². The topological polar surface area (TPSA) is 94.2 Å². The van der Waals surface area contributed by atoms with E-state index < -0.39 is 17.4 Å². The van der Waals surface area contributed by atoms with Gasteiger partial charge >= 0.3 is 0 Å². The molecule has 1 aliphatic rings. The Morgan fingerprint density at radius 1 is 1.19 bits per heavy atom. The Kier molecular flexibility index (Phi) is 2.84. The van der Waals surface area contributed by atoms with Crippen LogP contribution in [0.5, 0.6) is 0 Å². The van der Waals surface area contributed by atoms with Gasteiger partial charge in [-0.2, -0.15) is 0 Å². The first-order valence-corrected chi connectivity index (χ1v) is 6.46. The van der Waals surface area contributed by atoms with Crippen LogP contribution in [0.3, 0.4) is 0 Å². The first kappa shape index (κ1) is 13.4. The predicted octanol–water partition coefficient (Wildman–Crippen LogP) is 1.27. The molecule has 21 heavy (non-hydrogen) atoms. The van der Waals surface area contributed by atoms with Crippen molar-refractivity contribution < 1.29 is 9.59 Å². The molecule has 6 nitrogen and oxygen atoms in total. The van der Waals surface area contributed by atoms with Gasteiger partial charge in [0.2, 0.25) is 0 Å². The highest BCUT2D eigenvalue weighted by atomic mass is 35.5. The van der Waals surface area contributed by atoms with E-state index in [4.69, 9.17) is 17.3 Å². The summed E-state index contributed by atoms with van der Waals surface area (Å²) in [4.78, 5) is 35.7. The van der Waals surface area contributed by atoms with Crippen LogP contribution in [0.2, 0.25) is 5.02 Å². The molecule has 0 unspecified atom stereocenters. The van der Waals surface area contributed by atoms with Crippen molar-refractivity contribution in [2.45, 2.75) is 6.92 Å². The van der Waals surface area contributed by atoms with Gasteiger partial charge in [0.25, 0.3) is 17.4 Å². The second kappa shape index (κ2) is 4.46. The smallest absolute Gasteiger partial charge is 0.262 e. The van der Waals surface area contributed by atoms with Crippen LogP contribution in [-0.4, -0.2) is 16.4 Å². The number of nitrogens with two attached hydrogens (primary N) is 1. The van der Waals surface area contributed by atoms with Crippen molar-refractivity contribution in [1.29, 1.82) is 0 Å². The number of nitrogens with one attached hydrogen (secondary N) is 1. The van der Waals surface area contributed by atoms with Crippen LogP contribution in [0.25, 0.3) is 5.69 Å². The minimum atomic E-state index is -0.623. The zero-order valence-electron chi connectivity index (χ0n) is 10.9. The molecule has 0 atom stereocenters. The number of hydrogen-bond acceptors (Lipinski definition) is 4. The summed E-state index contributed by atoms with van der Waals surface area (Å²) < 4.78 is 1.15. The first-order valence-electron chi connectivity index (χ1n) is 6.08. The molecule has 7 heteroatoms. The van der Waals surface area contributed by atoms with Crippen molar-refractivity contribution in [2.75, 3.05) is 5.73 Å². The van der Waals surface area contributed by atoms with Crippen molar-refractivity contribution in [3.63, 3.8) is 0 Å². The van der Waals surface area contributed by atoms with E-state index in [0.29, 0.717) is 10.7 Å². The van der Waals surface area contributed by atoms with E-state index in [1.807, 2.05) is 0 Å². The number of imide groups is 1. The van der Waals surface area contributed by atoms with E-state index in [1.54, 1.807) is 25.1 Å². The molecular formula is C14H10ClN3O3. The molecule has 0 saturated heterocycles. The van der Waals surface area contributed by atoms with E-state index in [9.17, 15) is 14.4 Å². The number of fused-ring (bicyclic) bond motifs is 1. The minimum absolute atomic E-state index is 0.00100. The van der Waals surface area contributed by atoms with Crippen molar-refractivity contribution in [3.05, 3.63) is 56.3 Å². The quantitative estimate of drug-likeness (QED) is 0.776. The highest BCUT2D eigenvalue weighted by Gasteiger charge is 2.32. The monoisotopic (exact) mass is 303 g/mol. The number of halogens is 1. The fourth-order valence-electron chi connectivity index (χ4n) is 2.42. The summed E-state index contributed by atoms with van der Waals surface area (Å²) in [6.45, 7) is 1.77. The van der Waals surface area contributed by atoms with Crippen LogP contribution in [-0.2, 0) is 0 Å². The molecule has 2 heterocycles. The maximum atomic E-state index is 12.3. The Morgan fingerprint density at radius 3 is 2.57 bits per heavy atom. The molecule has 0 aliphatic carbocycles. The van der Waals surface area contributed by atoms with E-state index >= 15 is 0 Å². The second-order valence-electron chi connectivity index (χ2n) is 4.68. The van der Waals surface area contributed by atoms with Crippen LogP contribution < -0.4 is 16.6 Å². The van der Waals surface area contributed by atoms with Crippen LogP contribution in [0, 0.1) is 6.92 Å². The van der Waals surface area contributed by atoms with Gasteiger partial charge in [-0.1, -0.05) is 23.7 Å². The molecule has 2 aromatic rings. The third-order valence-electron chi connectivity index (χ3n) is 3.37. The Morgan fingerprint density at radius 2 is 1.90 bits per heavy atom. The van der Waals surface area contributed by atoms with E-state index in [2.05, 4.69) is 5.32 Å². The number of nitrogen functional groups attached to an aromatic ring is 1. The Bertz CT molecular complexity index is 850. The molecule has 2 amide bonds. The molecule has 3 rings (SSSR count). The average molecular weight is 304 g/mol. The van der Waals surface area contributed by atoms with Gasteiger partial charge in [-0.15, -0.1) is 0 Å². The zero-order chi connectivity index (χ0) is 15.3. The van der Waals surface area contributed by atoms with Crippen molar-refractivity contribution >= 4 is 29.2 Å². The molecule has 0 radical (unpaired) electrons. The zero-order valence-corrected chi connectivity index (χ0v) is 11.7. The highest BCUT2D eigenvalue weighted by Crippen LogP contribution is 2.28. The molecule has 0 saturated carbocycles. The molecule has 3 N–H and O–H groups in total. The lowest BCUT2D eigenvalue weighted by atomic mass is 10.1. The van der Waals surface area contributed by atoms with Crippen LogP contribution >= 0.6 is 11.6 Å². The normalized spacial score (nSPS) is 13.2. The number of hydrogen-bond donors (Lipinski definition) is 2. The van der Waals surface area contributed by atoms with Gasteiger partial charge in [-0.25, -0.2) is 0 Å². The number of carbonyl (C=O) groups excluding carboxylic acids is 2. The fraction of sp³-hybridized carbons (Fsp3) is 0.0714. The number of carbonyl (C=O) groups is 2. The summed E-state index contributed by atoms with van der Waals surface area (Å²) in [6.07, 6.45) is 0. The first-order chi connectivity index (χ1) is 9.91. The molecule has 1 aliphatic heterocycles. The average Bonchev–Trinajstić information content (AvgIpc) is 2.68. The lowest BCUT2D eigenvalue weighted by Crippen LogP contribution is -2.24. The molecule has 0 fully saturated rings. The second-order valence-corrected chi connectivity index (χ2v) is 5.09. The molecule has 1 aromatic heterocycles. The Hall–Kier alpha value is -2.60. The molecule has 0 bridgehead atoms. The van der Waals surface area contributed by atoms with Gasteiger partial charge in [-0.3, -0.25) is 24.3 Å². The van der Waals surface area contributed by atoms with E-state index in [1.165, 1.54) is 0 Å². The third-order valence-corrected chi connectivity index (χ3v) is 3.67. The van der Waals surface area contributed by atoms with Gasteiger partial charge in [0, 0.05) is 6.07 Å². The molecule has 0 spiro atoms. The number of anilines is 1. The van der Waals surface area contributed by atoms with E-state index in [0.717, 1.165) is 16.2 Å². The summed E-state index contributed by atoms with van der Waals surface area (Å²) in [7, 11) is 0. The number of amides is 2. The molecule has 1 aromatic carbocycles. The Labute approximate surface area is 124 Å². The maximum absolute atomic E-state index is 12.3. The van der Waals surface area contributed by atoms with Crippen molar-refractivity contribution in [2.24, 2.45) is 0 Å². The van der Waals surface area contributed by atoms with Gasteiger partial charge in [0.05, 0.1) is 21.8 Å². The molecule has 106 valence electrons. The standard InChI is InChI=1S/C14H10ClN3O3/c1-6-3-2-4-8(15)11(6)18-9(19)5-7-10(12(18)16)14(21)17-13(7)20/h2-5H,16H2,1H3,(H,17,20,21). The van der Waals surface area contributed by atoms with Gasteiger partial charge < -0.3 is 5.73 Å². The van der Waals surface area contributed by atoms with Crippen LogP contribution in [0.1, 0.15) is 26.3 Å². The van der Waals surface area contributed by atoms with Crippen molar-refractivity contribution in [3.8, 4) is 5.69 Å². The minimum Gasteiger partial charge on any atom is -0.384 e. The number of benzene rings is 1. The summed E-state index contributed by atoms with van der Waals surface area (Å²) >= 11 is 6.14. The highest BCUT2D eigenvalue weighted by molar-refractivity contribution is 6.32. The fourth-order valence-corrected chi connectivity index (χ4v) is 2.72. The lowest BCUT2D eigenvalue weighted by molar-refractivity contribution is 0.0880. The number of pyridine rings is 1. The third kappa shape index (κ3) is 1.84. The summed E-state index contributed by atoms with van der Waals surface area (Å²) in [5.74, 6) is -1.34. The Balaban J connectivity index is 2.42. The number of nitrogens with zero attached hydrogens (tertiary/aromatic N) is 1. The van der Waals surface area contributed by atoms with Gasteiger partial charge in [0.1, 0.15) is 5.82 Å². The SMILES string of the molecule is Cc1cccc(Cl)c1-n1c(N)c2c(cc1=O)C(=O)NC2=O. The predicted molar refractivity (Wildman–Crippen MR) is 78.0 cm³/mol.